The van der Waals surface area contributed by atoms with Crippen molar-refractivity contribution in [2.45, 2.75) is 37.6 Å². The van der Waals surface area contributed by atoms with Crippen LogP contribution < -0.4 is 10.6 Å². The second kappa shape index (κ2) is 6.37. The van der Waals surface area contributed by atoms with Crippen LogP contribution in [0, 0.1) is 0 Å². The molecule has 1 amide bonds. The molecule has 0 spiro atoms. The lowest BCUT2D eigenvalue weighted by molar-refractivity contribution is 0.0950. The van der Waals surface area contributed by atoms with Crippen LogP contribution in [0.15, 0.2) is 18.2 Å². The minimum absolute atomic E-state index is 0. The van der Waals surface area contributed by atoms with Crippen LogP contribution in [-0.2, 0) is 13.1 Å². The number of thioether (sulfide) groups is 1. The van der Waals surface area contributed by atoms with E-state index in [1.54, 1.807) is 0 Å². The fourth-order valence-electron chi connectivity index (χ4n) is 2.78. The average molecular weight is 313 g/mol. The number of benzene rings is 1. The van der Waals surface area contributed by atoms with Crippen molar-refractivity contribution in [2.24, 2.45) is 0 Å². The minimum atomic E-state index is 0. The molecule has 0 radical (unpaired) electrons. The topological polar surface area (TPSA) is 41.1 Å². The Morgan fingerprint density at radius 1 is 1.40 bits per heavy atom. The van der Waals surface area contributed by atoms with Gasteiger partial charge in [-0.25, -0.2) is 0 Å². The first kappa shape index (κ1) is 15.7. The molecule has 0 bridgehead atoms. The van der Waals surface area contributed by atoms with Gasteiger partial charge in [0.25, 0.3) is 5.91 Å². The molecule has 2 aliphatic rings. The molecule has 110 valence electrons. The number of hydrogen-bond acceptors (Lipinski definition) is 3. The normalized spacial score (nSPS) is 24.1. The van der Waals surface area contributed by atoms with Gasteiger partial charge in [-0.1, -0.05) is 6.07 Å². The molecule has 1 fully saturated rings. The summed E-state index contributed by atoms with van der Waals surface area (Å²) in [5.74, 6) is 1.28. The minimum Gasteiger partial charge on any atom is -0.351 e. The first-order valence-electron chi connectivity index (χ1n) is 6.91. The van der Waals surface area contributed by atoms with E-state index in [1.165, 1.54) is 29.7 Å². The van der Waals surface area contributed by atoms with Crippen LogP contribution in [0.4, 0.5) is 0 Å². The van der Waals surface area contributed by atoms with E-state index in [2.05, 4.69) is 23.6 Å². The van der Waals surface area contributed by atoms with Gasteiger partial charge in [0, 0.05) is 29.9 Å². The molecule has 0 saturated carbocycles. The Bertz CT molecular complexity index is 501. The molecule has 1 aromatic carbocycles. The lowest BCUT2D eigenvalue weighted by Crippen LogP contribution is -2.36. The highest BCUT2D eigenvalue weighted by molar-refractivity contribution is 8.00. The molecule has 2 aliphatic heterocycles. The zero-order valence-corrected chi connectivity index (χ0v) is 13.3. The van der Waals surface area contributed by atoms with E-state index >= 15 is 0 Å². The number of amides is 1. The van der Waals surface area contributed by atoms with Crippen LogP contribution in [0.5, 0.6) is 0 Å². The summed E-state index contributed by atoms with van der Waals surface area (Å²) in [6.07, 6.45) is 2.47. The van der Waals surface area contributed by atoms with Gasteiger partial charge in [0.1, 0.15) is 0 Å². The quantitative estimate of drug-likeness (QED) is 0.901. The zero-order chi connectivity index (χ0) is 13.3. The Kier molecular flexibility index (Phi) is 4.99. The maximum atomic E-state index is 12.2. The van der Waals surface area contributed by atoms with E-state index in [0.717, 1.165) is 25.2 Å². The number of carbonyl (C=O) groups is 1. The van der Waals surface area contributed by atoms with Crippen LogP contribution in [-0.4, -0.2) is 23.0 Å². The molecule has 1 saturated heterocycles. The van der Waals surface area contributed by atoms with Crippen LogP contribution in [0.2, 0.25) is 0 Å². The fourth-order valence-corrected chi connectivity index (χ4v) is 4.03. The van der Waals surface area contributed by atoms with Crippen LogP contribution in [0.25, 0.3) is 0 Å². The SMILES string of the molecule is CC1(CNC(=O)c2ccc3c(c2)CNC3)CCCS1.Cl. The average Bonchev–Trinajstić information content (AvgIpc) is 3.04. The smallest absolute Gasteiger partial charge is 0.251 e. The summed E-state index contributed by atoms with van der Waals surface area (Å²) in [5.41, 5.74) is 3.36. The summed E-state index contributed by atoms with van der Waals surface area (Å²) >= 11 is 1.98. The Morgan fingerprint density at radius 2 is 2.20 bits per heavy atom. The monoisotopic (exact) mass is 312 g/mol. The van der Waals surface area contributed by atoms with Crippen molar-refractivity contribution in [3.05, 3.63) is 34.9 Å². The Balaban J connectivity index is 0.00000147. The lowest BCUT2D eigenvalue weighted by atomic mass is 10.0. The fraction of sp³-hybridized carbons (Fsp3) is 0.533. The van der Waals surface area contributed by atoms with E-state index in [4.69, 9.17) is 0 Å². The first-order chi connectivity index (χ1) is 9.16. The molecule has 1 unspecified atom stereocenters. The Hall–Kier alpha value is -0.710. The van der Waals surface area contributed by atoms with Gasteiger partial charge in [-0.2, -0.15) is 11.8 Å². The van der Waals surface area contributed by atoms with Crippen molar-refractivity contribution in [2.75, 3.05) is 12.3 Å². The number of nitrogens with one attached hydrogen (secondary N) is 2. The summed E-state index contributed by atoms with van der Waals surface area (Å²) in [7, 11) is 0. The van der Waals surface area contributed by atoms with Crippen molar-refractivity contribution in [3.63, 3.8) is 0 Å². The standard InChI is InChI=1S/C15H20N2OS.ClH/c1-15(5-2-6-19-15)10-17-14(18)11-3-4-12-8-16-9-13(12)7-11;/h3-4,7,16H,2,5-6,8-10H2,1H3,(H,17,18);1H. The summed E-state index contributed by atoms with van der Waals surface area (Å²) in [4.78, 5) is 12.2. The summed E-state index contributed by atoms with van der Waals surface area (Å²) in [6, 6.07) is 6.02. The van der Waals surface area contributed by atoms with Crippen molar-refractivity contribution in [1.29, 1.82) is 0 Å². The highest BCUT2D eigenvalue weighted by atomic mass is 35.5. The van der Waals surface area contributed by atoms with Gasteiger partial charge in [-0.05, 0) is 48.8 Å². The third-order valence-electron chi connectivity index (χ3n) is 4.02. The van der Waals surface area contributed by atoms with Crippen LogP contribution in [0.1, 0.15) is 41.3 Å². The maximum absolute atomic E-state index is 12.2. The summed E-state index contributed by atoms with van der Waals surface area (Å²) in [6.45, 7) is 4.82. The van der Waals surface area contributed by atoms with Gasteiger partial charge >= 0.3 is 0 Å². The van der Waals surface area contributed by atoms with Crippen LogP contribution in [0.3, 0.4) is 0 Å². The molecule has 2 N–H and O–H groups in total. The molecule has 2 heterocycles. The second-order valence-electron chi connectivity index (χ2n) is 5.67. The Labute approximate surface area is 130 Å². The second-order valence-corrected chi connectivity index (χ2v) is 7.35. The van der Waals surface area contributed by atoms with Gasteiger partial charge in [0.2, 0.25) is 0 Å². The van der Waals surface area contributed by atoms with Crippen molar-refractivity contribution >= 4 is 30.1 Å². The molecule has 3 nitrogen and oxygen atoms in total. The number of fused-ring (bicyclic) bond motifs is 1. The van der Waals surface area contributed by atoms with Gasteiger partial charge in [-0.3, -0.25) is 4.79 Å². The Morgan fingerprint density at radius 3 is 2.95 bits per heavy atom. The number of carbonyl (C=O) groups excluding carboxylic acids is 1. The van der Waals surface area contributed by atoms with E-state index in [9.17, 15) is 4.79 Å². The molecule has 1 aromatic rings. The first-order valence-corrected chi connectivity index (χ1v) is 7.90. The third-order valence-corrected chi connectivity index (χ3v) is 5.56. The molecule has 1 atom stereocenters. The predicted molar refractivity (Wildman–Crippen MR) is 86.7 cm³/mol. The van der Waals surface area contributed by atoms with E-state index in [0.29, 0.717) is 0 Å². The zero-order valence-electron chi connectivity index (χ0n) is 11.7. The number of hydrogen-bond donors (Lipinski definition) is 2. The molecule has 3 rings (SSSR count). The summed E-state index contributed by atoms with van der Waals surface area (Å²) in [5, 5.41) is 6.39. The van der Waals surface area contributed by atoms with Crippen molar-refractivity contribution in [3.8, 4) is 0 Å². The maximum Gasteiger partial charge on any atom is 0.251 e. The highest BCUT2D eigenvalue weighted by Crippen LogP contribution is 2.37. The van der Waals surface area contributed by atoms with E-state index in [1.807, 2.05) is 23.9 Å². The number of halogens is 1. The van der Waals surface area contributed by atoms with Gasteiger partial charge < -0.3 is 10.6 Å². The van der Waals surface area contributed by atoms with Crippen molar-refractivity contribution < 1.29 is 4.79 Å². The van der Waals surface area contributed by atoms with Gasteiger partial charge in [0.15, 0.2) is 0 Å². The predicted octanol–water partition coefficient (Wildman–Crippen LogP) is 2.73. The molecular formula is C15H21ClN2OS. The van der Waals surface area contributed by atoms with Gasteiger partial charge in [0.05, 0.1) is 0 Å². The largest absolute Gasteiger partial charge is 0.351 e. The van der Waals surface area contributed by atoms with E-state index < -0.39 is 0 Å². The third kappa shape index (κ3) is 3.30. The highest BCUT2D eigenvalue weighted by Gasteiger charge is 2.29. The van der Waals surface area contributed by atoms with Crippen molar-refractivity contribution in [1.82, 2.24) is 10.6 Å². The molecule has 0 aliphatic carbocycles. The molecule has 0 aromatic heterocycles. The summed E-state index contributed by atoms with van der Waals surface area (Å²) < 4.78 is 0.230. The van der Waals surface area contributed by atoms with Crippen LogP contribution >= 0.6 is 24.2 Å². The van der Waals surface area contributed by atoms with Gasteiger partial charge in [-0.15, -0.1) is 12.4 Å². The molecule has 5 heteroatoms. The number of rotatable bonds is 3. The van der Waals surface area contributed by atoms with E-state index in [-0.39, 0.29) is 23.1 Å². The molecular weight excluding hydrogens is 292 g/mol. The molecule has 20 heavy (non-hydrogen) atoms. The lowest BCUT2D eigenvalue weighted by Gasteiger charge is -2.22.